The van der Waals surface area contributed by atoms with E-state index in [-0.39, 0.29) is 36.4 Å². The van der Waals surface area contributed by atoms with Crippen LogP contribution in [0.2, 0.25) is 0 Å². The third kappa shape index (κ3) is 3.49. The van der Waals surface area contributed by atoms with E-state index in [9.17, 15) is 18.8 Å². The van der Waals surface area contributed by atoms with Gasteiger partial charge in [0.1, 0.15) is 11.5 Å². The molecule has 6 nitrogen and oxygen atoms in total. The minimum absolute atomic E-state index is 0.00274. The van der Waals surface area contributed by atoms with Crippen LogP contribution >= 0.6 is 0 Å². The van der Waals surface area contributed by atoms with Crippen molar-refractivity contribution < 1.29 is 18.8 Å². The first kappa shape index (κ1) is 17.5. The van der Waals surface area contributed by atoms with Gasteiger partial charge in [0.25, 0.3) is 5.91 Å². The predicted molar refractivity (Wildman–Crippen MR) is 96.5 cm³/mol. The molecule has 2 fully saturated rings. The maximum atomic E-state index is 13.0. The summed E-state index contributed by atoms with van der Waals surface area (Å²) in [5.41, 5.74) is 0.746. The van der Waals surface area contributed by atoms with E-state index in [4.69, 9.17) is 0 Å². The molecule has 4 amide bonds. The second kappa shape index (κ2) is 6.98. The number of carbonyl (C=O) groups is 3. The summed E-state index contributed by atoms with van der Waals surface area (Å²) in [5, 5.41) is 5.36. The summed E-state index contributed by atoms with van der Waals surface area (Å²) in [4.78, 5) is 37.8. The maximum absolute atomic E-state index is 13.0. The number of allylic oxidation sites excluding steroid dienone is 2. The summed E-state index contributed by atoms with van der Waals surface area (Å²) in [5.74, 6) is -0.0189. The molecule has 2 N–H and O–H groups in total. The number of nitrogens with zero attached hydrogens (tertiary/aromatic N) is 1. The molecular weight excluding hydrogens is 349 g/mol. The van der Waals surface area contributed by atoms with Crippen molar-refractivity contribution >= 4 is 23.9 Å². The molecule has 1 saturated heterocycles. The van der Waals surface area contributed by atoms with Crippen molar-refractivity contribution in [1.29, 1.82) is 0 Å². The summed E-state index contributed by atoms with van der Waals surface area (Å²) in [6.07, 6.45) is 7.71. The standard InChI is InChI=1S/C20H20FN3O3/c21-15-5-2-12(3-6-15)11-17-19(26)24(20(27)23-17)8-7-22-18(25)16-10-13-1-4-14(16)9-13/h1-6,11,13-14,16H,7-10H2,(H,22,25)(H,23,27)/b17-11-/t13-,14+,16-/m0/s1. The molecule has 3 aliphatic rings. The van der Waals surface area contributed by atoms with E-state index < -0.39 is 11.9 Å². The van der Waals surface area contributed by atoms with Gasteiger partial charge >= 0.3 is 6.03 Å². The molecule has 0 radical (unpaired) electrons. The number of nitrogens with one attached hydrogen (secondary N) is 2. The molecular formula is C20H20FN3O3. The van der Waals surface area contributed by atoms with E-state index in [2.05, 4.69) is 22.8 Å². The number of imide groups is 1. The van der Waals surface area contributed by atoms with Gasteiger partial charge in [0.05, 0.1) is 0 Å². The van der Waals surface area contributed by atoms with E-state index >= 15 is 0 Å². The Morgan fingerprint density at radius 1 is 1.22 bits per heavy atom. The highest BCUT2D eigenvalue weighted by Gasteiger charge is 2.40. The predicted octanol–water partition coefficient (Wildman–Crippen LogP) is 2.05. The molecule has 1 aliphatic heterocycles. The smallest absolute Gasteiger partial charge is 0.329 e. The Hall–Kier alpha value is -2.96. The Labute approximate surface area is 156 Å². The molecule has 27 heavy (non-hydrogen) atoms. The number of fused-ring (bicyclic) bond motifs is 2. The van der Waals surface area contributed by atoms with Gasteiger partial charge in [-0.2, -0.15) is 0 Å². The molecule has 140 valence electrons. The average Bonchev–Trinajstić information content (AvgIpc) is 3.34. The summed E-state index contributed by atoms with van der Waals surface area (Å²) in [7, 11) is 0. The number of carbonyl (C=O) groups excluding carboxylic acids is 3. The van der Waals surface area contributed by atoms with Crippen LogP contribution in [-0.2, 0) is 9.59 Å². The SMILES string of the molecule is O=C(NCCN1C(=O)N/C(=C\c2ccc(F)cc2)C1=O)[C@H]1C[C@H]2C=C[C@@H]1C2. The first-order valence-corrected chi connectivity index (χ1v) is 9.07. The molecule has 2 aliphatic carbocycles. The fourth-order valence-corrected chi connectivity index (χ4v) is 4.00. The Bertz CT molecular complexity index is 847. The third-order valence-corrected chi connectivity index (χ3v) is 5.39. The lowest BCUT2D eigenvalue weighted by Gasteiger charge is -2.18. The molecule has 0 aromatic heterocycles. The molecule has 2 bridgehead atoms. The van der Waals surface area contributed by atoms with Gasteiger partial charge in [-0.05, 0) is 48.4 Å². The van der Waals surface area contributed by atoms with Crippen LogP contribution in [0.1, 0.15) is 18.4 Å². The highest BCUT2D eigenvalue weighted by atomic mass is 19.1. The Morgan fingerprint density at radius 2 is 2.00 bits per heavy atom. The van der Waals surface area contributed by atoms with Gasteiger partial charge in [0.2, 0.25) is 5.91 Å². The monoisotopic (exact) mass is 369 g/mol. The number of hydrogen-bond donors (Lipinski definition) is 2. The third-order valence-electron chi connectivity index (χ3n) is 5.39. The second-order valence-electron chi connectivity index (χ2n) is 7.17. The molecule has 4 rings (SSSR count). The van der Waals surface area contributed by atoms with Crippen molar-refractivity contribution in [2.24, 2.45) is 17.8 Å². The molecule has 1 aromatic carbocycles. The number of amides is 4. The van der Waals surface area contributed by atoms with Crippen LogP contribution in [-0.4, -0.2) is 35.8 Å². The van der Waals surface area contributed by atoms with Crippen molar-refractivity contribution in [2.75, 3.05) is 13.1 Å². The zero-order valence-electron chi connectivity index (χ0n) is 14.7. The van der Waals surface area contributed by atoms with Gasteiger partial charge in [-0.25, -0.2) is 9.18 Å². The largest absolute Gasteiger partial charge is 0.354 e. The van der Waals surface area contributed by atoms with Crippen molar-refractivity contribution in [3.63, 3.8) is 0 Å². The highest BCUT2D eigenvalue weighted by molar-refractivity contribution is 6.14. The normalized spacial score (nSPS) is 27.5. The van der Waals surface area contributed by atoms with Crippen LogP contribution in [0.3, 0.4) is 0 Å². The van der Waals surface area contributed by atoms with Crippen LogP contribution in [0.5, 0.6) is 0 Å². The van der Waals surface area contributed by atoms with Crippen LogP contribution in [0, 0.1) is 23.6 Å². The number of hydrogen-bond acceptors (Lipinski definition) is 3. The Morgan fingerprint density at radius 3 is 2.67 bits per heavy atom. The quantitative estimate of drug-likeness (QED) is 0.474. The van der Waals surface area contributed by atoms with E-state index in [0.29, 0.717) is 17.4 Å². The highest BCUT2D eigenvalue weighted by Crippen LogP contribution is 2.43. The average molecular weight is 369 g/mol. The van der Waals surface area contributed by atoms with E-state index in [1.807, 2.05) is 0 Å². The van der Waals surface area contributed by atoms with Gasteiger partial charge in [0, 0.05) is 19.0 Å². The molecule has 1 saturated carbocycles. The summed E-state index contributed by atoms with van der Waals surface area (Å²) in [6, 6.07) is 5.09. The lowest BCUT2D eigenvalue weighted by molar-refractivity contribution is -0.127. The van der Waals surface area contributed by atoms with Gasteiger partial charge < -0.3 is 10.6 Å². The second-order valence-corrected chi connectivity index (χ2v) is 7.17. The Kier molecular flexibility index (Phi) is 4.51. The van der Waals surface area contributed by atoms with Gasteiger partial charge in [0.15, 0.2) is 0 Å². The van der Waals surface area contributed by atoms with E-state index in [1.54, 1.807) is 0 Å². The van der Waals surface area contributed by atoms with Crippen molar-refractivity contribution in [1.82, 2.24) is 15.5 Å². The first-order chi connectivity index (χ1) is 13.0. The van der Waals surface area contributed by atoms with E-state index in [0.717, 1.165) is 17.7 Å². The molecule has 7 heteroatoms. The molecule has 3 atom stereocenters. The zero-order chi connectivity index (χ0) is 19.0. The lowest BCUT2D eigenvalue weighted by Crippen LogP contribution is -2.41. The van der Waals surface area contributed by atoms with Crippen molar-refractivity contribution in [3.8, 4) is 0 Å². The fourth-order valence-electron chi connectivity index (χ4n) is 4.00. The summed E-state index contributed by atoms with van der Waals surface area (Å²) < 4.78 is 13.0. The fraction of sp³-hybridized carbons (Fsp3) is 0.350. The van der Waals surface area contributed by atoms with Gasteiger partial charge in [-0.3, -0.25) is 14.5 Å². The summed E-state index contributed by atoms with van der Waals surface area (Å²) in [6.45, 7) is 0.327. The zero-order valence-corrected chi connectivity index (χ0v) is 14.7. The number of urea groups is 1. The summed E-state index contributed by atoms with van der Waals surface area (Å²) >= 11 is 0. The molecule has 1 heterocycles. The number of benzene rings is 1. The van der Waals surface area contributed by atoms with Crippen molar-refractivity contribution in [2.45, 2.75) is 12.8 Å². The molecule has 1 aromatic rings. The van der Waals surface area contributed by atoms with Crippen LogP contribution < -0.4 is 10.6 Å². The van der Waals surface area contributed by atoms with Crippen LogP contribution in [0.4, 0.5) is 9.18 Å². The van der Waals surface area contributed by atoms with Gasteiger partial charge in [-0.1, -0.05) is 24.3 Å². The number of rotatable bonds is 5. The first-order valence-electron chi connectivity index (χ1n) is 9.07. The molecule has 0 spiro atoms. The molecule has 0 unspecified atom stereocenters. The lowest BCUT2D eigenvalue weighted by atomic mass is 9.93. The van der Waals surface area contributed by atoms with E-state index in [1.165, 1.54) is 30.3 Å². The topological polar surface area (TPSA) is 78.5 Å². The van der Waals surface area contributed by atoms with Crippen LogP contribution in [0.15, 0.2) is 42.1 Å². The number of halogens is 1. The Balaban J connectivity index is 1.32. The van der Waals surface area contributed by atoms with Crippen LogP contribution in [0.25, 0.3) is 6.08 Å². The van der Waals surface area contributed by atoms with Gasteiger partial charge in [-0.15, -0.1) is 0 Å². The van der Waals surface area contributed by atoms with Crippen molar-refractivity contribution in [3.05, 3.63) is 53.5 Å². The minimum atomic E-state index is -0.523. The maximum Gasteiger partial charge on any atom is 0.329 e. The minimum Gasteiger partial charge on any atom is -0.354 e.